The number of benzene rings is 1. The number of nitrogens with one attached hydrogen (secondary N) is 2. The molecule has 3 aromatic heterocycles. The molecule has 0 saturated carbocycles. The zero-order valence-electron chi connectivity index (χ0n) is 13.5. The Morgan fingerprint density at radius 1 is 1.09 bits per heavy atom. The maximum atomic E-state index is 4.41. The Kier molecular flexibility index (Phi) is 3.16. The highest BCUT2D eigenvalue weighted by Gasteiger charge is 2.11. The minimum Gasteiger partial charge on any atom is -0.354 e. The first-order valence-corrected chi connectivity index (χ1v) is 7.68. The fraction of sp³-hybridized carbons (Fsp3) is 0.222. The normalized spacial score (nSPS) is 11.8. The van der Waals surface area contributed by atoms with Gasteiger partial charge in [-0.1, -0.05) is 12.1 Å². The maximum Gasteiger partial charge on any atom is 0.178 e. The van der Waals surface area contributed by atoms with Gasteiger partial charge in [-0.3, -0.25) is 0 Å². The molecule has 0 amide bonds. The van der Waals surface area contributed by atoms with Crippen LogP contribution in [0.25, 0.3) is 33.3 Å². The molecule has 2 N–H and O–H groups in total. The van der Waals surface area contributed by atoms with E-state index < -0.39 is 0 Å². The summed E-state index contributed by atoms with van der Waals surface area (Å²) in [5.74, 6) is 0.879. The third-order valence-corrected chi connectivity index (χ3v) is 3.99. The van der Waals surface area contributed by atoms with Crippen molar-refractivity contribution in [1.82, 2.24) is 24.8 Å². The third kappa shape index (κ3) is 2.49. The lowest BCUT2D eigenvalue weighted by Crippen LogP contribution is -2.10. The van der Waals surface area contributed by atoms with Crippen LogP contribution in [-0.4, -0.2) is 38.9 Å². The van der Waals surface area contributed by atoms with E-state index in [4.69, 9.17) is 0 Å². The summed E-state index contributed by atoms with van der Waals surface area (Å²) >= 11 is 0. The van der Waals surface area contributed by atoms with Crippen LogP contribution in [-0.2, 0) is 6.54 Å². The molecule has 0 radical (unpaired) electrons. The number of H-pyrrole nitrogens is 2. The van der Waals surface area contributed by atoms with E-state index >= 15 is 0 Å². The number of nitrogens with zero attached hydrogens (tertiary/aromatic N) is 3. The fourth-order valence-corrected chi connectivity index (χ4v) is 3.03. The van der Waals surface area contributed by atoms with Crippen LogP contribution in [0.3, 0.4) is 0 Å². The SMILES string of the molecule is Cc1nc2nccc(-c3cc4ccc(CN(C)C)cc4[nH]3)c2[nH]1. The predicted octanol–water partition coefficient (Wildman–Crippen LogP) is 3.48. The summed E-state index contributed by atoms with van der Waals surface area (Å²) in [4.78, 5) is 17.8. The molecule has 0 saturated heterocycles. The highest BCUT2D eigenvalue weighted by molar-refractivity contribution is 5.94. The zero-order chi connectivity index (χ0) is 16.0. The lowest BCUT2D eigenvalue weighted by Gasteiger charge is -2.09. The quantitative estimate of drug-likeness (QED) is 0.609. The lowest BCUT2D eigenvalue weighted by molar-refractivity contribution is 0.403. The van der Waals surface area contributed by atoms with Crippen LogP contribution in [0.1, 0.15) is 11.4 Å². The van der Waals surface area contributed by atoms with Gasteiger partial charge < -0.3 is 14.9 Å². The summed E-state index contributed by atoms with van der Waals surface area (Å²) in [6.45, 7) is 2.88. The van der Waals surface area contributed by atoms with Crippen molar-refractivity contribution in [3.8, 4) is 11.3 Å². The first-order chi connectivity index (χ1) is 11.1. The zero-order valence-corrected chi connectivity index (χ0v) is 13.5. The molecule has 23 heavy (non-hydrogen) atoms. The molecule has 1 aromatic carbocycles. The van der Waals surface area contributed by atoms with Gasteiger partial charge in [-0.15, -0.1) is 0 Å². The molecular formula is C18H19N5. The number of pyridine rings is 1. The van der Waals surface area contributed by atoms with E-state index in [2.05, 4.69) is 63.2 Å². The van der Waals surface area contributed by atoms with Gasteiger partial charge in [-0.05, 0) is 44.8 Å². The Hall–Kier alpha value is -2.66. The van der Waals surface area contributed by atoms with E-state index in [0.717, 1.165) is 40.3 Å². The standard InChI is InChI=1S/C18H19N5/c1-11-20-17-14(6-7-19-18(17)21-11)16-9-13-5-4-12(10-23(2)3)8-15(13)22-16/h4-9,22H,10H2,1-3H3,(H,19,20,21). The molecule has 4 aromatic rings. The van der Waals surface area contributed by atoms with E-state index in [1.807, 2.05) is 13.0 Å². The molecule has 5 heteroatoms. The number of aromatic nitrogens is 4. The van der Waals surface area contributed by atoms with Gasteiger partial charge in [-0.2, -0.15) is 0 Å². The van der Waals surface area contributed by atoms with Crippen molar-refractivity contribution in [3.63, 3.8) is 0 Å². The van der Waals surface area contributed by atoms with Gasteiger partial charge in [0.25, 0.3) is 0 Å². The van der Waals surface area contributed by atoms with Crippen molar-refractivity contribution in [3.05, 3.63) is 47.9 Å². The summed E-state index contributed by atoms with van der Waals surface area (Å²) in [5.41, 5.74) is 6.37. The number of rotatable bonds is 3. The Morgan fingerprint density at radius 2 is 1.96 bits per heavy atom. The Morgan fingerprint density at radius 3 is 2.78 bits per heavy atom. The van der Waals surface area contributed by atoms with Gasteiger partial charge >= 0.3 is 0 Å². The predicted molar refractivity (Wildman–Crippen MR) is 93.3 cm³/mol. The second-order valence-electron chi connectivity index (χ2n) is 6.22. The number of fused-ring (bicyclic) bond motifs is 2. The molecule has 0 unspecified atom stereocenters. The average Bonchev–Trinajstić information content (AvgIpc) is 3.07. The maximum absolute atomic E-state index is 4.41. The Balaban J connectivity index is 1.84. The van der Waals surface area contributed by atoms with Crippen LogP contribution in [0.15, 0.2) is 36.5 Å². The minimum absolute atomic E-state index is 0.756. The van der Waals surface area contributed by atoms with Crippen LogP contribution in [0.5, 0.6) is 0 Å². The van der Waals surface area contributed by atoms with Crippen LogP contribution in [0.4, 0.5) is 0 Å². The molecular weight excluding hydrogens is 286 g/mol. The summed E-state index contributed by atoms with van der Waals surface area (Å²) in [7, 11) is 4.16. The molecule has 0 aliphatic rings. The van der Waals surface area contributed by atoms with Gasteiger partial charge in [0.1, 0.15) is 5.82 Å². The van der Waals surface area contributed by atoms with Crippen molar-refractivity contribution in [1.29, 1.82) is 0 Å². The molecule has 0 spiro atoms. The lowest BCUT2D eigenvalue weighted by atomic mass is 10.1. The third-order valence-electron chi connectivity index (χ3n) is 3.99. The van der Waals surface area contributed by atoms with Crippen molar-refractivity contribution in [2.24, 2.45) is 0 Å². The molecule has 0 bridgehead atoms. The van der Waals surface area contributed by atoms with E-state index in [9.17, 15) is 0 Å². The Bertz CT molecular complexity index is 993. The first kappa shape index (κ1) is 14.0. The fourth-order valence-electron chi connectivity index (χ4n) is 3.03. The van der Waals surface area contributed by atoms with Crippen LogP contribution in [0.2, 0.25) is 0 Å². The molecule has 116 valence electrons. The second kappa shape index (κ2) is 5.21. The van der Waals surface area contributed by atoms with Crippen molar-refractivity contribution >= 4 is 22.1 Å². The average molecular weight is 305 g/mol. The molecule has 0 aliphatic heterocycles. The summed E-state index contributed by atoms with van der Waals surface area (Å²) in [5, 5.41) is 1.21. The van der Waals surface area contributed by atoms with Crippen molar-refractivity contribution in [2.75, 3.05) is 14.1 Å². The highest BCUT2D eigenvalue weighted by Crippen LogP contribution is 2.29. The number of imidazole rings is 1. The molecule has 0 aliphatic carbocycles. The van der Waals surface area contributed by atoms with Crippen molar-refractivity contribution in [2.45, 2.75) is 13.5 Å². The number of aromatic amines is 2. The summed E-state index contributed by atoms with van der Waals surface area (Å²) in [6.07, 6.45) is 1.81. The molecule has 5 nitrogen and oxygen atoms in total. The van der Waals surface area contributed by atoms with E-state index in [-0.39, 0.29) is 0 Å². The van der Waals surface area contributed by atoms with Crippen LogP contribution >= 0.6 is 0 Å². The van der Waals surface area contributed by atoms with Gasteiger partial charge in [0.2, 0.25) is 0 Å². The van der Waals surface area contributed by atoms with Crippen LogP contribution in [0, 0.1) is 6.92 Å². The smallest absolute Gasteiger partial charge is 0.178 e. The van der Waals surface area contributed by atoms with Crippen LogP contribution < -0.4 is 0 Å². The van der Waals surface area contributed by atoms with Gasteiger partial charge in [-0.25, -0.2) is 9.97 Å². The topological polar surface area (TPSA) is 60.6 Å². The number of hydrogen-bond donors (Lipinski definition) is 2. The van der Waals surface area contributed by atoms with E-state index in [1.54, 1.807) is 6.20 Å². The monoisotopic (exact) mass is 305 g/mol. The number of hydrogen-bond acceptors (Lipinski definition) is 3. The molecule has 0 atom stereocenters. The van der Waals surface area contributed by atoms with Gasteiger partial charge in [0, 0.05) is 34.9 Å². The molecule has 0 fully saturated rings. The largest absolute Gasteiger partial charge is 0.354 e. The highest BCUT2D eigenvalue weighted by atomic mass is 15.0. The van der Waals surface area contributed by atoms with Gasteiger partial charge in [0.15, 0.2) is 5.65 Å². The summed E-state index contributed by atoms with van der Waals surface area (Å²) in [6, 6.07) is 10.8. The first-order valence-electron chi connectivity index (χ1n) is 7.68. The Labute approximate surface area is 134 Å². The number of aryl methyl sites for hydroxylation is 1. The van der Waals surface area contributed by atoms with E-state index in [1.165, 1.54) is 10.9 Å². The van der Waals surface area contributed by atoms with Gasteiger partial charge in [0.05, 0.1) is 5.52 Å². The van der Waals surface area contributed by atoms with Crippen molar-refractivity contribution < 1.29 is 0 Å². The molecule has 4 rings (SSSR count). The van der Waals surface area contributed by atoms with E-state index in [0.29, 0.717) is 0 Å². The summed E-state index contributed by atoms with van der Waals surface area (Å²) < 4.78 is 0. The second-order valence-corrected chi connectivity index (χ2v) is 6.22. The molecule has 3 heterocycles. The minimum atomic E-state index is 0.756.